The molecular formula is C17H33N3O7S10. The number of hydrogen-bond acceptors (Lipinski definition) is 19. The van der Waals surface area contributed by atoms with Crippen LogP contribution in [0.1, 0.15) is 0 Å². The van der Waals surface area contributed by atoms with E-state index in [1.165, 1.54) is 24.6 Å². The average Bonchev–Trinajstić information content (AvgIpc) is 2.90. The number of ether oxygens (including phenoxy) is 1. The first-order chi connectivity index (χ1) is 18.3. The Labute approximate surface area is 262 Å². The molecule has 0 rings (SSSR count). The molecule has 0 saturated carbocycles. The maximum absolute atomic E-state index is 11.7. The molecule has 0 atom stereocenters. The van der Waals surface area contributed by atoms with Crippen LogP contribution < -0.4 is 5.32 Å². The topological polar surface area (TPSA) is 120 Å². The summed E-state index contributed by atoms with van der Waals surface area (Å²) in [7, 11) is 0. The first-order valence-electron chi connectivity index (χ1n) is 10.0. The first kappa shape index (κ1) is 38.6. The van der Waals surface area contributed by atoms with E-state index in [1.54, 1.807) is 70.6 Å². The van der Waals surface area contributed by atoms with Crippen LogP contribution in [0.4, 0.5) is 4.79 Å². The average molecular weight is 712 g/mol. The van der Waals surface area contributed by atoms with E-state index < -0.39 is 0 Å². The molecule has 0 saturated heterocycles. The van der Waals surface area contributed by atoms with Crippen molar-refractivity contribution in [1.29, 1.82) is 0 Å². The highest BCUT2D eigenvalue weighted by Gasteiger charge is 2.01. The molecule has 0 aliphatic heterocycles. The number of alkyl carbamates (subject to hydrolysis) is 1. The summed E-state index contributed by atoms with van der Waals surface area (Å²) < 4.78 is 5.15. The van der Waals surface area contributed by atoms with Crippen LogP contribution >= 0.6 is 118 Å². The fraction of sp³-hybridized carbons (Fsp3) is 0.824. The third-order valence-electron chi connectivity index (χ3n) is 2.69. The molecule has 0 aliphatic carbocycles. The summed E-state index contributed by atoms with van der Waals surface area (Å²) in [6.07, 6.45) is 4.17. The lowest BCUT2D eigenvalue weighted by atomic mass is 11.1. The van der Waals surface area contributed by atoms with Crippen molar-refractivity contribution in [2.75, 3.05) is 78.2 Å². The van der Waals surface area contributed by atoms with E-state index in [0.29, 0.717) is 29.5 Å². The lowest BCUT2D eigenvalue weighted by molar-refractivity contribution is -0.196. The Balaban J connectivity index is 3.20. The van der Waals surface area contributed by atoms with Gasteiger partial charge in [-0.1, -0.05) is 0 Å². The molecule has 0 heterocycles. The maximum atomic E-state index is 11.7. The van der Waals surface area contributed by atoms with Crippen LogP contribution in [0, 0.1) is 0 Å². The molecule has 0 radical (unpaired) electrons. The van der Waals surface area contributed by atoms with Crippen molar-refractivity contribution < 1.29 is 34.2 Å². The fourth-order valence-electron chi connectivity index (χ4n) is 1.36. The van der Waals surface area contributed by atoms with Gasteiger partial charge in [-0.2, -0.15) is 9.78 Å². The van der Waals surface area contributed by atoms with Crippen molar-refractivity contribution in [3.63, 3.8) is 0 Å². The number of rotatable bonds is 29. The molecule has 37 heavy (non-hydrogen) atoms. The van der Waals surface area contributed by atoms with Gasteiger partial charge < -0.3 is 24.9 Å². The molecule has 10 nitrogen and oxygen atoms in total. The third-order valence-corrected chi connectivity index (χ3v) is 12.8. The van der Waals surface area contributed by atoms with Crippen LogP contribution in [0.2, 0.25) is 0 Å². The van der Waals surface area contributed by atoms with Crippen molar-refractivity contribution >= 4 is 137 Å². The molecule has 20 heteroatoms. The Morgan fingerprint density at radius 2 is 1.27 bits per heavy atom. The SMILES string of the molecule is CSC/N=C\OOCSCSCSCSCOC(=O)NCSCSCSCSC/N=C\OOCSCO. The highest BCUT2D eigenvalue weighted by molar-refractivity contribution is 8.26. The van der Waals surface area contributed by atoms with Gasteiger partial charge >= 0.3 is 6.09 Å². The Bertz CT molecular complexity index is 548. The molecule has 0 aromatic rings. The van der Waals surface area contributed by atoms with Crippen LogP contribution in [0.5, 0.6) is 0 Å². The standard InChI is InChI=1S/C17H33N3O7S10/c1-28-4-18-2-24-27-10-33-14-37-16-36-13-32-8-23-17(22)20-6-30-12-35-15-34-11-29-5-19-3-25-26-9-31-7-21/h2-3,21H,4-16H2,1H3,(H,20,22)/b18-2-,19-3-. The Hall–Kier alpha value is 1.59. The molecule has 0 aromatic carbocycles. The summed E-state index contributed by atoms with van der Waals surface area (Å²) in [6.45, 7) is 0. The predicted molar refractivity (Wildman–Crippen MR) is 178 cm³/mol. The monoisotopic (exact) mass is 711 g/mol. The van der Waals surface area contributed by atoms with Gasteiger partial charge in [0.05, 0.1) is 23.6 Å². The number of aliphatic imine (C=N–C) groups is 2. The minimum atomic E-state index is -0.380. The zero-order chi connectivity index (χ0) is 26.9. The van der Waals surface area contributed by atoms with E-state index in [9.17, 15) is 4.79 Å². The second-order valence-electron chi connectivity index (χ2n) is 5.33. The second kappa shape index (κ2) is 35.6. The van der Waals surface area contributed by atoms with Crippen molar-refractivity contribution in [3.8, 4) is 0 Å². The summed E-state index contributed by atoms with van der Waals surface area (Å²) >= 11 is 16.6. The molecule has 1 amide bonds. The van der Waals surface area contributed by atoms with Crippen LogP contribution in [0.3, 0.4) is 0 Å². The van der Waals surface area contributed by atoms with Gasteiger partial charge in [-0.15, -0.1) is 118 Å². The zero-order valence-electron chi connectivity index (χ0n) is 20.2. The van der Waals surface area contributed by atoms with E-state index in [4.69, 9.17) is 29.4 Å². The van der Waals surface area contributed by atoms with Gasteiger partial charge in [-0.3, -0.25) is 0 Å². The number of carbonyl (C=O) groups excluding carboxylic acids is 1. The molecule has 0 aromatic heterocycles. The minimum Gasteiger partial charge on any atom is -0.438 e. The lowest BCUT2D eigenvalue weighted by Crippen LogP contribution is -2.23. The number of nitrogens with one attached hydrogen (secondary N) is 1. The van der Waals surface area contributed by atoms with Gasteiger partial charge in [-0.05, 0) is 6.26 Å². The highest BCUT2D eigenvalue weighted by Crippen LogP contribution is 2.22. The molecule has 0 unspecified atom stereocenters. The molecule has 0 aliphatic rings. The van der Waals surface area contributed by atoms with Crippen molar-refractivity contribution in [2.24, 2.45) is 9.98 Å². The smallest absolute Gasteiger partial charge is 0.408 e. The first-order valence-corrected chi connectivity index (χ1v) is 21.8. The second-order valence-corrected chi connectivity index (χ2v) is 17.0. The quantitative estimate of drug-likeness (QED) is 0.0233. The minimum absolute atomic E-state index is 0.00257. The van der Waals surface area contributed by atoms with Crippen LogP contribution in [-0.2, 0) is 24.3 Å². The summed E-state index contributed by atoms with van der Waals surface area (Å²) in [5.41, 5.74) is 0. The van der Waals surface area contributed by atoms with Crippen molar-refractivity contribution in [1.82, 2.24) is 5.32 Å². The molecule has 2 N–H and O–H groups in total. The van der Waals surface area contributed by atoms with Gasteiger partial charge in [0.15, 0.2) is 0 Å². The molecule has 218 valence electrons. The summed E-state index contributed by atoms with van der Waals surface area (Å²) in [6, 6.07) is 0. The number of aliphatic hydroxyl groups is 1. The van der Waals surface area contributed by atoms with Crippen LogP contribution in [0.15, 0.2) is 9.98 Å². The molecule has 0 spiro atoms. The number of amides is 1. The van der Waals surface area contributed by atoms with E-state index >= 15 is 0 Å². The van der Waals surface area contributed by atoms with Crippen LogP contribution in [-0.4, -0.2) is 102 Å². The number of nitrogens with zero attached hydrogens (tertiary/aromatic N) is 2. The Kier molecular flexibility index (Phi) is 37.1. The third kappa shape index (κ3) is 35.6. The van der Waals surface area contributed by atoms with Crippen LogP contribution in [0.25, 0.3) is 0 Å². The van der Waals surface area contributed by atoms with Crippen molar-refractivity contribution in [2.45, 2.75) is 0 Å². The zero-order valence-corrected chi connectivity index (χ0v) is 28.4. The number of hydrogen-bond donors (Lipinski definition) is 2. The van der Waals surface area contributed by atoms with Crippen molar-refractivity contribution in [3.05, 3.63) is 0 Å². The Morgan fingerprint density at radius 3 is 1.92 bits per heavy atom. The Morgan fingerprint density at radius 1 is 0.730 bits per heavy atom. The summed E-state index contributed by atoms with van der Waals surface area (Å²) in [4.78, 5) is 38.8. The normalized spacial score (nSPS) is 11.4. The number of aliphatic hydroxyl groups excluding tert-OH is 1. The maximum Gasteiger partial charge on any atom is 0.408 e. The summed E-state index contributed by atoms with van der Waals surface area (Å²) in [5, 5.41) is 16.9. The molecular weight excluding hydrogens is 679 g/mol. The van der Waals surface area contributed by atoms with E-state index in [0.717, 1.165) is 30.5 Å². The van der Waals surface area contributed by atoms with E-state index in [1.807, 2.05) is 41.5 Å². The number of thioether (sulfide) groups is 10. The van der Waals surface area contributed by atoms with E-state index in [-0.39, 0.29) is 18.0 Å². The van der Waals surface area contributed by atoms with Gasteiger partial charge in [0.25, 0.3) is 0 Å². The van der Waals surface area contributed by atoms with Gasteiger partial charge in [0, 0.05) is 30.5 Å². The largest absolute Gasteiger partial charge is 0.438 e. The van der Waals surface area contributed by atoms with Gasteiger partial charge in [0.1, 0.15) is 17.8 Å². The highest BCUT2D eigenvalue weighted by atomic mass is 32.3. The molecule has 0 fully saturated rings. The fourth-order valence-corrected chi connectivity index (χ4v) is 10.0. The summed E-state index contributed by atoms with van der Waals surface area (Å²) in [5.74, 6) is 2.88. The lowest BCUT2D eigenvalue weighted by Gasteiger charge is -2.07. The van der Waals surface area contributed by atoms with E-state index in [2.05, 4.69) is 15.3 Å². The van der Waals surface area contributed by atoms with Gasteiger partial charge in [0.2, 0.25) is 12.8 Å². The number of carbonyl (C=O) groups is 1. The molecule has 0 bridgehead atoms. The predicted octanol–water partition coefficient (Wildman–Crippen LogP) is 6.07. The van der Waals surface area contributed by atoms with Gasteiger partial charge in [-0.25, -0.2) is 14.8 Å².